The first-order valence-electron chi connectivity index (χ1n) is 11.0. The normalized spacial score (nSPS) is 19.9. The van der Waals surface area contributed by atoms with Gasteiger partial charge in [0, 0.05) is 23.7 Å². The Balaban J connectivity index is 1.33. The molecule has 2 aliphatic carbocycles. The summed E-state index contributed by atoms with van der Waals surface area (Å²) in [5, 5.41) is 8.00. The average Bonchev–Trinajstić information content (AvgIpc) is 3.35. The smallest absolute Gasteiger partial charge is 0.177 e. The molecular weight excluding hydrogens is 384 g/mol. The van der Waals surface area contributed by atoms with Crippen molar-refractivity contribution in [3.63, 3.8) is 0 Å². The molecule has 4 aromatic rings. The van der Waals surface area contributed by atoms with E-state index in [1.807, 2.05) is 16.8 Å². The molecule has 0 amide bonds. The predicted molar refractivity (Wildman–Crippen MR) is 125 cm³/mol. The first-order valence-corrected chi connectivity index (χ1v) is 11.0. The summed E-state index contributed by atoms with van der Waals surface area (Å²) in [6, 6.07) is 17.4. The molecular formula is C25H26N6. The van der Waals surface area contributed by atoms with Crippen molar-refractivity contribution in [2.75, 3.05) is 11.1 Å². The van der Waals surface area contributed by atoms with E-state index in [0.717, 1.165) is 54.8 Å². The first kappa shape index (κ1) is 18.4. The summed E-state index contributed by atoms with van der Waals surface area (Å²) in [5.41, 5.74) is 21.4. The molecule has 156 valence electrons. The first-order chi connectivity index (χ1) is 15.1. The lowest BCUT2D eigenvalue weighted by Crippen LogP contribution is -2.25. The molecule has 0 radical (unpaired) electrons. The third kappa shape index (κ3) is 3.24. The van der Waals surface area contributed by atoms with Gasteiger partial charge in [-0.25, -0.2) is 9.50 Å². The third-order valence-electron chi connectivity index (χ3n) is 6.73. The monoisotopic (exact) mass is 410 g/mol. The maximum atomic E-state index is 6.12. The van der Waals surface area contributed by atoms with E-state index in [2.05, 4.69) is 52.9 Å². The molecule has 1 fully saturated rings. The van der Waals surface area contributed by atoms with Crippen LogP contribution < -0.4 is 16.8 Å². The molecule has 0 unspecified atom stereocenters. The molecule has 2 aromatic carbocycles. The summed E-state index contributed by atoms with van der Waals surface area (Å²) in [5.74, 6) is 0.909. The van der Waals surface area contributed by atoms with Gasteiger partial charge in [-0.2, -0.15) is 0 Å². The Kier molecular flexibility index (Phi) is 4.21. The van der Waals surface area contributed by atoms with Crippen LogP contribution in [0, 0.1) is 0 Å². The van der Waals surface area contributed by atoms with Gasteiger partial charge in [-0.15, -0.1) is 5.10 Å². The molecule has 1 saturated carbocycles. The minimum absolute atomic E-state index is 0.324. The van der Waals surface area contributed by atoms with Gasteiger partial charge in [0.15, 0.2) is 5.65 Å². The fraction of sp³-hybridized carbons (Fsp3) is 0.280. The molecule has 2 aromatic heterocycles. The summed E-state index contributed by atoms with van der Waals surface area (Å²) in [6.07, 6.45) is 7.25. The van der Waals surface area contributed by atoms with Crippen LogP contribution in [0.2, 0.25) is 0 Å². The van der Waals surface area contributed by atoms with Crippen LogP contribution in [-0.4, -0.2) is 20.6 Å². The summed E-state index contributed by atoms with van der Waals surface area (Å²) in [6.45, 7) is 0. The number of aromatic nitrogens is 3. The van der Waals surface area contributed by atoms with E-state index in [4.69, 9.17) is 16.5 Å². The maximum absolute atomic E-state index is 6.12. The Hall–Kier alpha value is -3.38. The van der Waals surface area contributed by atoms with E-state index in [9.17, 15) is 0 Å². The standard InChI is InChI=1S/C25H26N6/c26-18-7-5-15(6-8-18)23-14-31-25(29-23)22(13-24(27)30-31)28-19-9-10-21-17(12-19)11-16-3-1-2-4-20(16)21/h1-4,9-10,12-15,18,28H,5-8,11,26H2,(H2,27,30)/t15-,18-. The molecule has 0 aliphatic heterocycles. The summed E-state index contributed by atoms with van der Waals surface area (Å²) < 4.78 is 1.81. The quantitative estimate of drug-likeness (QED) is 0.404. The van der Waals surface area contributed by atoms with Gasteiger partial charge in [0.05, 0.1) is 17.6 Å². The zero-order chi connectivity index (χ0) is 20.9. The van der Waals surface area contributed by atoms with E-state index in [0.29, 0.717) is 17.8 Å². The van der Waals surface area contributed by atoms with E-state index >= 15 is 0 Å². The molecule has 0 spiro atoms. The van der Waals surface area contributed by atoms with E-state index in [1.54, 1.807) is 0 Å². The van der Waals surface area contributed by atoms with Gasteiger partial charge in [-0.1, -0.05) is 30.3 Å². The number of nitrogen functional groups attached to an aromatic ring is 1. The van der Waals surface area contributed by atoms with Crippen molar-refractivity contribution in [3.05, 3.63) is 71.5 Å². The van der Waals surface area contributed by atoms with E-state index < -0.39 is 0 Å². The van der Waals surface area contributed by atoms with Crippen LogP contribution in [-0.2, 0) is 6.42 Å². The summed E-state index contributed by atoms with van der Waals surface area (Å²) in [4.78, 5) is 4.95. The Morgan fingerprint density at radius 1 is 0.935 bits per heavy atom. The fourth-order valence-electron chi connectivity index (χ4n) is 5.10. The van der Waals surface area contributed by atoms with Crippen LogP contribution in [0.5, 0.6) is 0 Å². The van der Waals surface area contributed by atoms with Crippen molar-refractivity contribution in [3.8, 4) is 11.1 Å². The van der Waals surface area contributed by atoms with Gasteiger partial charge >= 0.3 is 0 Å². The molecule has 2 aliphatic rings. The molecule has 0 saturated heterocycles. The number of benzene rings is 2. The highest BCUT2D eigenvalue weighted by Crippen LogP contribution is 2.38. The molecule has 6 nitrogen and oxygen atoms in total. The van der Waals surface area contributed by atoms with Crippen molar-refractivity contribution in [2.24, 2.45) is 5.73 Å². The van der Waals surface area contributed by atoms with E-state index in [-0.39, 0.29) is 0 Å². The summed E-state index contributed by atoms with van der Waals surface area (Å²) >= 11 is 0. The number of nitrogens with one attached hydrogen (secondary N) is 1. The van der Waals surface area contributed by atoms with Gasteiger partial charge in [-0.3, -0.25) is 0 Å². The minimum Gasteiger partial charge on any atom is -0.382 e. The van der Waals surface area contributed by atoms with Crippen LogP contribution >= 0.6 is 0 Å². The SMILES string of the molecule is Nc1cc(Nc2ccc3c(c2)Cc2ccccc2-3)c2nc([C@H]3CC[C@H](N)CC3)cn2n1. The van der Waals surface area contributed by atoms with E-state index in [1.165, 1.54) is 22.3 Å². The highest BCUT2D eigenvalue weighted by molar-refractivity contribution is 5.81. The minimum atomic E-state index is 0.324. The fourth-order valence-corrected chi connectivity index (χ4v) is 5.10. The number of nitrogens with two attached hydrogens (primary N) is 2. The Morgan fingerprint density at radius 3 is 2.61 bits per heavy atom. The number of nitrogens with zero attached hydrogens (tertiary/aromatic N) is 3. The predicted octanol–water partition coefficient (Wildman–Crippen LogP) is 4.61. The molecule has 31 heavy (non-hydrogen) atoms. The number of rotatable bonds is 3. The van der Waals surface area contributed by atoms with Crippen molar-refractivity contribution in [1.29, 1.82) is 0 Å². The van der Waals surface area contributed by atoms with Crippen LogP contribution in [0.1, 0.15) is 48.4 Å². The number of imidazole rings is 1. The van der Waals surface area contributed by atoms with Crippen LogP contribution in [0.4, 0.5) is 17.2 Å². The van der Waals surface area contributed by atoms with Crippen molar-refractivity contribution in [1.82, 2.24) is 14.6 Å². The topological polar surface area (TPSA) is 94.3 Å². The Bertz CT molecular complexity index is 1280. The number of fused-ring (bicyclic) bond motifs is 4. The van der Waals surface area contributed by atoms with Gasteiger partial charge < -0.3 is 16.8 Å². The highest BCUT2D eigenvalue weighted by atomic mass is 15.3. The van der Waals surface area contributed by atoms with Crippen LogP contribution in [0.3, 0.4) is 0 Å². The molecule has 2 heterocycles. The lowest BCUT2D eigenvalue weighted by atomic mass is 9.85. The Morgan fingerprint density at radius 2 is 1.74 bits per heavy atom. The number of anilines is 3. The zero-order valence-electron chi connectivity index (χ0n) is 17.4. The second-order valence-corrected chi connectivity index (χ2v) is 8.86. The van der Waals surface area contributed by atoms with Gasteiger partial charge in [0.25, 0.3) is 0 Å². The second-order valence-electron chi connectivity index (χ2n) is 8.86. The van der Waals surface area contributed by atoms with Crippen molar-refractivity contribution >= 4 is 22.8 Å². The van der Waals surface area contributed by atoms with Crippen LogP contribution in [0.25, 0.3) is 16.8 Å². The highest BCUT2D eigenvalue weighted by Gasteiger charge is 2.23. The average molecular weight is 411 g/mol. The number of hydrogen-bond acceptors (Lipinski definition) is 5. The maximum Gasteiger partial charge on any atom is 0.177 e. The Labute approximate surface area is 181 Å². The third-order valence-corrected chi connectivity index (χ3v) is 6.73. The molecule has 0 atom stereocenters. The van der Waals surface area contributed by atoms with Gasteiger partial charge in [-0.05, 0) is 66.5 Å². The van der Waals surface area contributed by atoms with Crippen molar-refractivity contribution in [2.45, 2.75) is 44.1 Å². The van der Waals surface area contributed by atoms with Gasteiger partial charge in [0.1, 0.15) is 5.82 Å². The van der Waals surface area contributed by atoms with Crippen LogP contribution in [0.15, 0.2) is 54.7 Å². The molecule has 0 bridgehead atoms. The lowest BCUT2D eigenvalue weighted by molar-refractivity contribution is 0.391. The molecule has 6 heteroatoms. The summed E-state index contributed by atoms with van der Waals surface area (Å²) in [7, 11) is 0. The molecule has 5 N–H and O–H groups in total. The van der Waals surface area contributed by atoms with Crippen molar-refractivity contribution < 1.29 is 0 Å². The zero-order valence-corrected chi connectivity index (χ0v) is 17.4. The largest absolute Gasteiger partial charge is 0.382 e. The number of hydrogen-bond donors (Lipinski definition) is 3. The lowest BCUT2D eigenvalue weighted by Gasteiger charge is -2.24. The second kappa shape index (κ2) is 7.10. The van der Waals surface area contributed by atoms with Gasteiger partial charge in [0.2, 0.25) is 0 Å². The molecule has 6 rings (SSSR count).